The van der Waals surface area contributed by atoms with Crippen molar-refractivity contribution in [2.45, 2.75) is 20.0 Å². The van der Waals surface area contributed by atoms with Gasteiger partial charge < -0.3 is 10.1 Å². The van der Waals surface area contributed by atoms with Gasteiger partial charge in [-0.1, -0.05) is 60.7 Å². The van der Waals surface area contributed by atoms with Crippen LogP contribution in [0.25, 0.3) is 0 Å². The maximum Gasteiger partial charge on any atom is 0.275 e. The number of ether oxygens (including phenoxy) is 1. The summed E-state index contributed by atoms with van der Waals surface area (Å²) >= 11 is 0. The van der Waals surface area contributed by atoms with Gasteiger partial charge in [0.25, 0.3) is 5.91 Å². The van der Waals surface area contributed by atoms with Gasteiger partial charge >= 0.3 is 0 Å². The number of hydrazone groups is 1. The third-order valence-electron chi connectivity index (χ3n) is 4.19. The molecular weight excluding hydrogens is 378 g/mol. The molecule has 0 aliphatic carbocycles. The Morgan fingerprint density at radius 2 is 1.50 bits per heavy atom. The number of hydrogen-bond donors (Lipinski definition) is 2. The van der Waals surface area contributed by atoms with Crippen molar-refractivity contribution >= 4 is 23.2 Å². The number of carbonyl (C=O) groups excluding carboxylic acids is 2. The van der Waals surface area contributed by atoms with Crippen LogP contribution in [-0.4, -0.2) is 17.5 Å². The zero-order chi connectivity index (χ0) is 21.2. The highest BCUT2D eigenvalue weighted by Gasteiger charge is 2.12. The molecule has 0 aliphatic heterocycles. The number of carbonyl (C=O) groups is 2. The molecule has 3 aromatic rings. The van der Waals surface area contributed by atoms with E-state index in [1.807, 2.05) is 48.5 Å². The van der Waals surface area contributed by atoms with Gasteiger partial charge in [-0.3, -0.25) is 9.59 Å². The van der Waals surface area contributed by atoms with Crippen molar-refractivity contribution in [3.8, 4) is 5.75 Å². The third kappa shape index (κ3) is 6.31. The van der Waals surface area contributed by atoms with E-state index in [0.29, 0.717) is 29.3 Å². The van der Waals surface area contributed by atoms with Gasteiger partial charge in [0.2, 0.25) is 5.91 Å². The number of benzene rings is 3. The standard InChI is InChI=1S/C24H23N3O3/c1-18(16-23(28)25-20-12-6-3-7-13-20)26-27-24(29)21-14-8-9-15-22(21)30-17-19-10-4-2-5-11-19/h2-15H,16-17H2,1H3,(H,25,28)(H,27,29)/b26-18+. The van der Waals surface area contributed by atoms with Crippen LogP contribution in [0.4, 0.5) is 5.69 Å². The first-order valence-corrected chi connectivity index (χ1v) is 9.56. The monoisotopic (exact) mass is 401 g/mol. The molecule has 0 saturated carbocycles. The average molecular weight is 401 g/mol. The fourth-order valence-electron chi connectivity index (χ4n) is 2.72. The lowest BCUT2D eigenvalue weighted by Gasteiger charge is -2.11. The van der Waals surface area contributed by atoms with Gasteiger partial charge in [-0.25, -0.2) is 5.43 Å². The fraction of sp³-hybridized carbons (Fsp3) is 0.125. The minimum Gasteiger partial charge on any atom is -0.488 e. The summed E-state index contributed by atoms with van der Waals surface area (Å²) in [6, 6.07) is 25.8. The molecule has 3 rings (SSSR count). The highest BCUT2D eigenvalue weighted by Crippen LogP contribution is 2.19. The zero-order valence-electron chi connectivity index (χ0n) is 16.7. The van der Waals surface area contributed by atoms with E-state index in [9.17, 15) is 9.59 Å². The van der Waals surface area contributed by atoms with E-state index in [0.717, 1.165) is 5.56 Å². The Labute approximate surface area is 175 Å². The molecule has 0 unspecified atom stereocenters. The molecule has 0 spiro atoms. The Balaban J connectivity index is 1.56. The van der Waals surface area contributed by atoms with Gasteiger partial charge in [-0.2, -0.15) is 5.10 Å². The molecule has 6 nitrogen and oxygen atoms in total. The second-order valence-corrected chi connectivity index (χ2v) is 6.65. The SMILES string of the molecule is C/C(CC(=O)Nc1ccccc1)=N\NC(=O)c1ccccc1OCc1ccccc1. The summed E-state index contributed by atoms with van der Waals surface area (Å²) in [4.78, 5) is 24.6. The van der Waals surface area contributed by atoms with Gasteiger partial charge in [-0.15, -0.1) is 0 Å². The number of anilines is 1. The molecule has 2 amide bonds. The molecule has 3 aromatic carbocycles. The number of nitrogens with zero attached hydrogens (tertiary/aromatic N) is 1. The van der Waals surface area contributed by atoms with E-state index in [-0.39, 0.29) is 12.3 Å². The second kappa shape index (κ2) is 10.6. The lowest BCUT2D eigenvalue weighted by molar-refractivity contribution is -0.115. The number of nitrogens with one attached hydrogen (secondary N) is 2. The Kier molecular flexibility index (Phi) is 7.33. The van der Waals surface area contributed by atoms with E-state index in [1.54, 1.807) is 43.3 Å². The molecule has 0 aliphatic rings. The molecular formula is C24H23N3O3. The van der Waals surface area contributed by atoms with E-state index >= 15 is 0 Å². The van der Waals surface area contributed by atoms with Crippen LogP contribution in [-0.2, 0) is 11.4 Å². The maximum absolute atomic E-state index is 12.6. The number of hydrogen-bond acceptors (Lipinski definition) is 4. The van der Waals surface area contributed by atoms with Gasteiger partial charge in [0, 0.05) is 11.4 Å². The molecule has 152 valence electrons. The highest BCUT2D eigenvalue weighted by molar-refractivity contribution is 6.06. The van der Waals surface area contributed by atoms with Crippen molar-refractivity contribution in [3.63, 3.8) is 0 Å². The minimum atomic E-state index is -0.401. The van der Waals surface area contributed by atoms with Crippen LogP contribution in [0.3, 0.4) is 0 Å². The Morgan fingerprint density at radius 3 is 2.23 bits per heavy atom. The number of amides is 2. The summed E-state index contributed by atoms with van der Waals surface area (Å²) in [5.41, 5.74) is 5.07. The lowest BCUT2D eigenvalue weighted by Crippen LogP contribution is -2.22. The summed E-state index contributed by atoms with van der Waals surface area (Å²) in [6.45, 7) is 2.04. The quantitative estimate of drug-likeness (QED) is 0.434. The summed E-state index contributed by atoms with van der Waals surface area (Å²) in [7, 11) is 0. The van der Waals surface area contributed by atoms with Crippen LogP contribution in [0.15, 0.2) is 90.0 Å². The summed E-state index contributed by atoms with van der Waals surface area (Å²) in [5, 5.41) is 6.82. The highest BCUT2D eigenvalue weighted by atomic mass is 16.5. The van der Waals surface area contributed by atoms with Crippen molar-refractivity contribution in [2.24, 2.45) is 5.10 Å². The predicted octanol–water partition coefficient (Wildman–Crippen LogP) is 4.40. The maximum atomic E-state index is 12.6. The molecule has 0 bridgehead atoms. The minimum absolute atomic E-state index is 0.0708. The number of para-hydroxylation sites is 2. The lowest BCUT2D eigenvalue weighted by atomic mass is 10.2. The van der Waals surface area contributed by atoms with Crippen LogP contribution >= 0.6 is 0 Å². The fourth-order valence-corrected chi connectivity index (χ4v) is 2.72. The second-order valence-electron chi connectivity index (χ2n) is 6.65. The largest absolute Gasteiger partial charge is 0.488 e. The van der Waals surface area contributed by atoms with E-state index in [4.69, 9.17) is 4.74 Å². The smallest absolute Gasteiger partial charge is 0.275 e. The molecule has 6 heteroatoms. The predicted molar refractivity (Wildman–Crippen MR) is 117 cm³/mol. The van der Waals surface area contributed by atoms with Crippen LogP contribution in [0.2, 0.25) is 0 Å². The van der Waals surface area contributed by atoms with Crippen molar-refractivity contribution in [3.05, 3.63) is 96.1 Å². The average Bonchev–Trinajstić information content (AvgIpc) is 2.77. The van der Waals surface area contributed by atoms with Crippen molar-refractivity contribution < 1.29 is 14.3 Å². The molecule has 0 saturated heterocycles. The van der Waals surface area contributed by atoms with Crippen LogP contribution in [0, 0.1) is 0 Å². The van der Waals surface area contributed by atoms with Gasteiger partial charge in [0.05, 0.1) is 12.0 Å². The molecule has 2 N–H and O–H groups in total. The first-order chi connectivity index (χ1) is 14.6. The van der Waals surface area contributed by atoms with E-state index in [2.05, 4.69) is 15.8 Å². The normalized spacial score (nSPS) is 10.9. The summed E-state index contributed by atoms with van der Waals surface area (Å²) in [5.74, 6) is -0.140. The Hall–Kier alpha value is -3.93. The Morgan fingerprint density at radius 1 is 0.867 bits per heavy atom. The van der Waals surface area contributed by atoms with Gasteiger partial charge in [-0.05, 0) is 36.8 Å². The molecule has 30 heavy (non-hydrogen) atoms. The zero-order valence-corrected chi connectivity index (χ0v) is 16.7. The molecule has 0 atom stereocenters. The Bertz CT molecular complexity index is 1020. The van der Waals surface area contributed by atoms with Crippen molar-refractivity contribution in [2.75, 3.05) is 5.32 Å². The van der Waals surface area contributed by atoms with Gasteiger partial charge in [0.1, 0.15) is 12.4 Å². The molecule has 0 heterocycles. The first kappa shape index (κ1) is 20.8. The number of rotatable bonds is 8. The van der Waals surface area contributed by atoms with Crippen LogP contribution in [0.1, 0.15) is 29.3 Å². The first-order valence-electron chi connectivity index (χ1n) is 9.56. The third-order valence-corrected chi connectivity index (χ3v) is 4.19. The topological polar surface area (TPSA) is 79.8 Å². The van der Waals surface area contributed by atoms with Crippen molar-refractivity contribution in [1.82, 2.24) is 5.43 Å². The summed E-state index contributed by atoms with van der Waals surface area (Å²) in [6.07, 6.45) is 0.0708. The van der Waals surface area contributed by atoms with E-state index < -0.39 is 5.91 Å². The molecule has 0 aromatic heterocycles. The van der Waals surface area contributed by atoms with Gasteiger partial charge in [0.15, 0.2) is 0 Å². The van der Waals surface area contributed by atoms with E-state index in [1.165, 1.54) is 0 Å². The van der Waals surface area contributed by atoms with Crippen LogP contribution < -0.4 is 15.5 Å². The molecule has 0 radical (unpaired) electrons. The molecule has 0 fully saturated rings. The summed E-state index contributed by atoms with van der Waals surface area (Å²) < 4.78 is 5.81. The van der Waals surface area contributed by atoms with Crippen molar-refractivity contribution in [1.29, 1.82) is 0 Å². The van der Waals surface area contributed by atoms with Crippen LogP contribution in [0.5, 0.6) is 5.75 Å².